The molecule has 5 rings (SSSR count). The summed E-state index contributed by atoms with van der Waals surface area (Å²) < 4.78 is 7.19. The Morgan fingerprint density at radius 1 is 1.25 bits per heavy atom. The van der Waals surface area contributed by atoms with E-state index in [-0.39, 0.29) is 17.9 Å². The van der Waals surface area contributed by atoms with Crippen molar-refractivity contribution < 1.29 is 14.3 Å². The topological polar surface area (TPSA) is 89.4 Å². The fourth-order valence-electron chi connectivity index (χ4n) is 4.02. The maximum absolute atomic E-state index is 12.9. The van der Waals surface area contributed by atoms with Crippen molar-refractivity contribution in [2.24, 2.45) is 0 Å². The fourth-order valence-corrected chi connectivity index (χ4v) is 4.60. The number of aromatic nitrogens is 3. The van der Waals surface area contributed by atoms with E-state index in [1.165, 1.54) is 16.9 Å². The zero-order chi connectivity index (χ0) is 22.1. The average Bonchev–Trinajstić information content (AvgIpc) is 3.33. The molecule has 3 heterocycles. The van der Waals surface area contributed by atoms with E-state index in [1.54, 1.807) is 23.7 Å². The monoisotopic (exact) mass is 451 g/mol. The van der Waals surface area contributed by atoms with Gasteiger partial charge in [-0.05, 0) is 37.0 Å². The number of fused-ring (bicyclic) bond motifs is 1. The minimum absolute atomic E-state index is 0.0438. The van der Waals surface area contributed by atoms with Crippen LogP contribution in [0.4, 0.5) is 0 Å². The van der Waals surface area contributed by atoms with Crippen molar-refractivity contribution in [3.63, 3.8) is 0 Å². The van der Waals surface area contributed by atoms with Gasteiger partial charge in [-0.3, -0.25) is 19.3 Å². The molecule has 0 bridgehead atoms. The Morgan fingerprint density at radius 3 is 2.75 bits per heavy atom. The molecule has 32 heavy (non-hydrogen) atoms. The van der Waals surface area contributed by atoms with Gasteiger partial charge in [-0.15, -0.1) is 11.3 Å². The molecule has 3 aromatic rings. The standard InChI is InChI=1S/C23H25N5O3S/c1-31-17-6-2-15(3-7-17)8-11-28-19-9-10-27(23(30)20-12-24-14-32-20)13-18(19)21(26-28)22(29)25-16-4-5-16/h2-3,6-7,12,14,16H,4-5,8-11,13H2,1H3,(H,25,29). The first-order valence-electron chi connectivity index (χ1n) is 10.8. The van der Waals surface area contributed by atoms with Crippen molar-refractivity contribution in [3.05, 3.63) is 63.4 Å². The highest BCUT2D eigenvalue weighted by molar-refractivity contribution is 7.11. The Hall–Kier alpha value is -3.20. The largest absolute Gasteiger partial charge is 0.497 e. The molecule has 1 saturated carbocycles. The molecule has 0 radical (unpaired) electrons. The Bertz CT molecular complexity index is 1120. The van der Waals surface area contributed by atoms with Gasteiger partial charge in [0.25, 0.3) is 11.8 Å². The van der Waals surface area contributed by atoms with E-state index in [9.17, 15) is 9.59 Å². The quantitative estimate of drug-likeness (QED) is 0.597. The maximum atomic E-state index is 12.9. The van der Waals surface area contributed by atoms with E-state index < -0.39 is 0 Å². The van der Waals surface area contributed by atoms with Gasteiger partial charge >= 0.3 is 0 Å². The number of rotatable bonds is 7. The van der Waals surface area contributed by atoms with Gasteiger partial charge in [0, 0.05) is 36.8 Å². The summed E-state index contributed by atoms with van der Waals surface area (Å²) in [6.07, 6.45) is 5.10. The van der Waals surface area contributed by atoms with Gasteiger partial charge in [0.2, 0.25) is 0 Å². The molecular formula is C23H25N5O3S. The first-order valence-corrected chi connectivity index (χ1v) is 11.7. The van der Waals surface area contributed by atoms with Gasteiger partial charge in [0.15, 0.2) is 5.69 Å². The highest BCUT2D eigenvalue weighted by atomic mass is 32.1. The second-order valence-corrected chi connectivity index (χ2v) is 9.07. The number of nitrogens with one attached hydrogen (secondary N) is 1. The fraction of sp³-hybridized carbons (Fsp3) is 0.391. The molecule has 1 aromatic carbocycles. The minimum Gasteiger partial charge on any atom is -0.497 e. The molecule has 8 nitrogen and oxygen atoms in total. The number of aryl methyl sites for hydroxylation is 2. The lowest BCUT2D eigenvalue weighted by molar-refractivity contribution is 0.0735. The molecule has 9 heteroatoms. The maximum Gasteiger partial charge on any atom is 0.272 e. The SMILES string of the molecule is COc1ccc(CCn2nc(C(=O)NC3CC3)c3c2CCN(C(=O)c2cncs2)C3)cc1. The van der Waals surface area contributed by atoms with Crippen molar-refractivity contribution in [1.29, 1.82) is 0 Å². The number of hydrogen-bond donors (Lipinski definition) is 1. The number of nitrogens with zero attached hydrogens (tertiary/aromatic N) is 4. The summed E-state index contributed by atoms with van der Waals surface area (Å²) in [5, 5.41) is 7.76. The van der Waals surface area contributed by atoms with Crippen molar-refractivity contribution in [2.75, 3.05) is 13.7 Å². The number of carbonyl (C=O) groups is 2. The number of methoxy groups -OCH3 is 1. The number of ether oxygens (including phenoxy) is 1. The van der Waals surface area contributed by atoms with E-state index in [0.717, 1.165) is 36.3 Å². The van der Waals surface area contributed by atoms with Gasteiger partial charge < -0.3 is 15.0 Å². The lowest BCUT2D eigenvalue weighted by atomic mass is 10.0. The normalized spacial score (nSPS) is 15.3. The third-order valence-electron chi connectivity index (χ3n) is 5.96. The van der Waals surface area contributed by atoms with Crippen molar-refractivity contribution >= 4 is 23.2 Å². The van der Waals surface area contributed by atoms with Gasteiger partial charge in [-0.1, -0.05) is 12.1 Å². The first kappa shape index (κ1) is 20.7. The zero-order valence-corrected chi connectivity index (χ0v) is 18.7. The van der Waals surface area contributed by atoms with Crippen LogP contribution in [0.3, 0.4) is 0 Å². The van der Waals surface area contributed by atoms with Crippen LogP contribution in [0.5, 0.6) is 5.75 Å². The van der Waals surface area contributed by atoms with Gasteiger partial charge in [-0.2, -0.15) is 5.10 Å². The molecule has 2 aromatic heterocycles. The summed E-state index contributed by atoms with van der Waals surface area (Å²) in [5.74, 6) is 0.645. The van der Waals surface area contributed by atoms with Crippen molar-refractivity contribution in [1.82, 2.24) is 25.0 Å². The van der Waals surface area contributed by atoms with Crippen molar-refractivity contribution in [2.45, 2.75) is 44.8 Å². The number of carbonyl (C=O) groups excluding carboxylic acids is 2. The molecule has 2 amide bonds. The minimum atomic E-state index is -0.140. The highest BCUT2D eigenvalue weighted by Gasteiger charge is 2.32. The molecule has 2 aliphatic rings. The zero-order valence-electron chi connectivity index (χ0n) is 17.9. The second kappa shape index (κ2) is 8.74. The molecule has 1 aliphatic carbocycles. The van der Waals surface area contributed by atoms with E-state index in [4.69, 9.17) is 9.84 Å². The predicted octanol–water partition coefficient (Wildman–Crippen LogP) is 2.68. The van der Waals surface area contributed by atoms with E-state index in [0.29, 0.717) is 36.6 Å². The molecule has 1 aliphatic heterocycles. The molecule has 1 N–H and O–H groups in total. The van der Waals surface area contributed by atoms with Gasteiger partial charge in [0.05, 0.1) is 25.4 Å². The average molecular weight is 452 g/mol. The Labute approximate surface area is 190 Å². The van der Waals surface area contributed by atoms with Crippen LogP contribution in [0.2, 0.25) is 0 Å². The van der Waals surface area contributed by atoms with Gasteiger partial charge in [-0.25, -0.2) is 0 Å². The summed E-state index contributed by atoms with van der Waals surface area (Å²) >= 11 is 1.34. The lowest BCUT2D eigenvalue weighted by Gasteiger charge is -2.27. The number of amides is 2. The summed E-state index contributed by atoms with van der Waals surface area (Å²) in [4.78, 5) is 32.2. The first-order chi connectivity index (χ1) is 15.6. The third-order valence-corrected chi connectivity index (χ3v) is 6.72. The summed E-state index contributed by atoms with van der Waals surface area (Å²) in [7, 11) is 1.65. The molecule has 166 valence electrons. The number of hydrogen-bond acceptors (Lipinski definition) is 6. The molecule has 0 atom stereocenters. The smallest absolute Gasteiger partial charge is 0.272 e. The molecule has 0 unspecified atom stereocenters. The van der Waals surface area contributed by atoms with Crippen LogP contribution in [0.25, 0.3) is 0 Å². The third kappa shape index (κ3) is 4.25. The van der Waals surface area contributed by atoms with Crippen LogP contribution < -0.4 is 10.1 Å². The van der Waals surface area contributed by atoms with Crippen LogP contribution in [0.15, 0.2) is 36.0 Å². The van der Waals surface area contributed by atoms with Crippen molar-refractivity contribution in [3.8, 4) is 5.75 Å². The lowest BCUT2D eigenvalue weighted by Crippen LogP contribution is -2.37. The Kier molecular flexibility index (Phi) is 5.65. The summed E-state index contributed by atoms with van der Waals surface area (Å²) in [6.45, 7) is 1.66. The van der Waals surface area contributed by atoms with E-state index in [2.05, 4.69) is 10.3 Å². The second-order valence-electron chi connectivity index (χ2n) is 8.19. The summed E-state index contributed by atoms with van der Waals surface area (Å²) in [6, 6.07) is 8.24. The summed E-state index contributed by atoms with van der Waals surface area (Å²) in [5.41, 5.74) is 5.20. The van der Waals surface area contributed by atoms with Crippen LogP contribution in [-0.4, -0.2) is 51.2 Å². The molecular weight excluding hydrogens is 426 g/mol. The number of benzene rings is 1. The molecule has 1 fully saturated rings. The molecule has 0 saturated heterocycles. The predicted molar refractivity (Wildman–Crippen MR) is 120 cm³/mol. The highest BCUT2D eigenvalue weighted by Crippen LogP contribution is 2.27. The Morgan fingerprint density at radius 2 is 2.06 bits per heavy atom. The van der Waals surface area contributed by atoms with Gasteiger partial charge in [0.1, 0.15) is 10.6 Å². The van der Waals surface area contributed by atoms with Crippen LogP contribution in [-0.2, 0) is 25.9 Å². The van der Waals surface area contributed by atoms with E-state index >= 15 is 0 Å². The molecule has 0 spiro atoms. The Balaban J connectivity index is 1.38. The van der Waals surface area contributed by atoms with Crippen LogP contribution in [0.1, 0.15) is 49.8 Å². The van der Waals surface area contributed by atoms with Crippen LogP contribution >= 0.6 is 11.3 Å². The van der Waals surface area contributed by atoms with E-state index in [1.807, 2.05) is 28.9 Å². The van der Waals surface area contributed by atoms with Crippen LogP contribution in [0, 0.1) is 0 Å². The number of thiazole rings is 1.